The average Bonchev–Trinajstić information content (AvgIpc) is 2.54. The van der Waals surface area contributed by atoms with Gasteiger partial charge in [-0.25, -0.2) is 0 Å². The van der Waals surface area contributed by atoms with Crippen LogP contribution < -0.4 is 5.73 Å². The molecule has 1 rings (SSSR count). The van der Waals surface area contributed by atoms with Crippen LogP contribution in [0.15, 0.2) is 0 Å². The first-order valence-electron chi connectivity index (χ1n) is 8.83. The highest BCUT2D eigenvalue weighted by Crippen LogP contribution is 2.37. The fourth-order valence-corrected chi connectivity index (χ4v) is 3.50. The van der Waals surface area contributed by atoms with Gasteiger partial charge in [-0.1, -0.05) is 13.3 Å². The van der Waals surface area contributed by atoms with E-state index < -0.39 is 0 Å². The lowest BCUT2D eigenvalue weighted by atomic mass is 9.74. The van der Waals surface area contributed by atoms with Crippen LogP contribution in [0.3, 0.4) is 0 Å². The Morgan fingerprint density at radius 3 is 1.90 bits per heavy atom. The Bertz CT molecular complexity index is 243. The number of hydrogen-bond donors (Lipinski definition) is 1. The molecule has 0 atom stereocenters. The van der Waals surface area contributed by atoms with E-state index in [9.17, 15) is 0 Å². The van der Waals surface area contributed by atoms with E-state index in [1.807, 2.05) is 0 Å². The molecule has 0 bridgehead atoms. The molecule has 1 aliphatic carbocycles. The summed E-state index contributed by atoms with van der Waals surface area (Å²) in [6, 6.07) is 0. The third-order valence-corrected chi connectivity index (χ3v) is 5.08. The molecular weight excluding hydrogens is 264 g/mol. The van der Waals surface area contributed by atoms with Crippen LogP contribution in [0, 0.1) is 5.92 Å². The van der Waals surface area contributed by atoms with Crippen molar-refractivity contribution in [3.05, 3.63) is 0 Å². The van der Waals surface area contributed by atoms with Crippen LogP contribution in [0.5, 0.6) is 0 Å². The summed E-state index contributed by atoms with van der Waals surface area (Å²) in [6.07, 6.45) is 6.37. The van der Waals surface area contributed by atoms with Gasteiger partial charge in [-0.2, -0.15) is 0 Å². The lowest BCUT2D eigenvalue weighted by molar-refractivity contribution is -0.00330. The van der Waals surface area contributed by atoms with E-state index >= 15 is 0 Å². The van der Waals surface area contributed by atoms with Crippen molar-refractivity contribution in [2.75, 3.05) is 46.1 Å². The Morgan fingerprint density at radius 1 is 1.00 bits per heavy atom. The van der Waals surface area contributed by atoms with E-state index in [0.717, 1.165) is 52.0 Å². The van der Waals surface area contributed by atoms with E-state index in [4.69, 9.17) is 15.2 Å². The number of hydrogen-bond acceptors (Lipinski definition) is 4. The number of nitrogens with zero attached hydrogens (tertiary/aromatic N) is 1. The van der Waals surface area contributed by atoms with Gasteiger partial charge in [0.05, 0.1) is 13.2 Å². The van der Waals surface area contributed by atoms with Crippen molar-refractivity contribution in [3.8, 4) is 0 Å². The first kappa shape index (κ1) is 18.9. The van der Waals surface area contributed by atoms with Crippen LogP contribution in [0.4, 0.5) is 0 Å². The zero-order valence-electron chi connectivity index (χ0n) is 14.4. The van der Waals surface area contributed by atoms with Crippen molar-refractivity contribution < 1.29 is 9.47 Å². The Labute approximate surface area is 131 Å². The fraction of sp³-hybridized carbons (Fsp3) is 1.00. The minimum Gasteiger partial charge on any atom is -0.380 e. The lowest BCUT2D eigenvalue weighted by Gasteiger charge is -2.47. The molecular formula is C17H36N2O2. The van der Waals surface area contributed by atoms with Crippen molar-refractivity contribution in [3.63, 3.8) is 0 Å². The van der Waals surface area contributed by atoms with Gasteiger partial charge in [0, 0.05) is 38.4 Å². The van der Waals surface area contributed by atoms with Crippen molar-refractivity contribution >= 4 is 0 Å². The Kier molecular flexibility index (Phi) is 9.49. The topological polar surface area (TPSA) is 47.7 Å². The summed E-state index contributed by atoms with van der Waals surface area (Å²) in [7, 11) is 0. The van der Waals surface area contributed by atoms with Gasteiger partial charge in [-0.15, -0.1) is 0 Å². The predicted octanol–water partition coefficient (Wildman–Crippen LogP) is 2.66. The molecule has 0 aromatic rings. The SMILES string of the molecule is CCOCCN(CCOCC)C1(CN)CCC(CC)CC1. The van der Waals surface area contributed by atoms with Crippen molar-refractivity contribution in [2.45, 2.75) is 58.4 Å². The van der Waals surface area contributed by atoms with Gasteiger partial charge in [-0.05, 0) is 45.4 Å². The molecule has 0 saturated heterocycles. The third kappa shape index (κ3) is 5.85. The quantitative estimate of drug-likeness (QED) is 0.596. The highest BCUT2D eigenvalue weighted by molar-refractivity contribution is 4.95. The average molecular weight is 300 g/mol. The van der Waals surface area contributed by atoms with Crippen molar-refractivity contribution in [1.29, 1.82) is 0 Å². The van der Waals surface area contributed by atoms with Gasteiger partial charge in [-0.3, -0.25) is 4.90 Å². The zero-order valence-corrected chi connectivity index (χ0v) is 14.4. The van der Waals surface area contributed by atoms with Gasteiger partial charge in [0.2, 0.25) is 0 Å². The first-order valence-corrected chi connectivity index (χ1v) is 8.83. The van der Waals surface area contributed by atoms with Gasteiger partial charge >= 0.3 is 0 Å². The number of nitrogens with two attached hydrogens (primary N) is 1. The molecule has 0 amide bonds. The van der Waals surface area contributed by atoms with E-state index in [-0.39, 0.29) is 5.54 Å². The number of rotatable bonds is 11. The minimum absolute atomic E-state index is 0.167. The zero-order chi connectivity index (χ0) is 15.6. The normalized spacial score (nSPS) is 26.4. The van der Waals surface area contributed by atoms with E-state index in [1.54, 1.807) is 0 Å². The molecule has 126 valence electrons. The maximum Gasteiger partial charge on any atom is 0.0593 e. The molecule has 0 unspecified atom stereocenters. The van der Waals surface area contributed by atoms with Crippen molar-refractivity contribution in [2.24, 2.45) is 11.7 Å². The van der Waals surface area contributed by atoms with Crippen LogP contribution in [0.2, 0.25) is 0 Å². The van der Waals surface area contributed by atoms with Crippen LogP contribution >= 0.6 is 0 Å². The Morgan fingerprint density at radius 2 is 1.52 bits per heavy atom. The van der Waals surface area contributed by atoms with Gasteiger partial charge in [0.25, 0.3) is 0 Å². The fourth-order valence-electron chi connectivity index (χ4n) is 3.50. The monoisotopic (exact) mass is 300 g/mol. The summed E-state index contributed by atoms with van der Waals surface area (Å²) < 4.78 is 11.1. The number of ether oxygens (including phenoxy) is 2. The van der Waals surface area contributed by atoms with Gasteiger partial charge in [0.15, 0.2) is 0 Å². The Balaban J connectivity index is 2.62. The predicted molar refractivity (Wildman–Crippen MR) is 88.6 cm³/mol. The molecule has 4 heteroatoms. The van der Waals surface area contributed by atoms with E-state index in [2.05, 4.69) is 25.7 Å². The van der Waals surface area contributed by atoms with Gasteiger partial charge in [0.1, 0.15) is 0 Å². The molecule has 0 aromatic heterocycles. The molecule has 2 N–H and O–H groups in total. The maximum atomic E-state index is 6.21. The van der Waals surface area contributed by atoms with Crippen LogP contribution in [0.25, 0.3) is 0 Å². The second kappa shape index (κ2) is 10.5. The lowest BCUT2D eigenvalue weighted by Crippen LogP contribution is -2.57. The largest absolute Gasteiger partial charge is 0.380 e. The third-order valence-electron chi connectivity index (χ3n) is 5.08. The highest BCUT2D eigenvalue weighted by atomic mass is 16.5. The highest BCUT2D eigenvalue weighted by Gasteiger charge is 2.38. The smallest absolute Gasteiger partial charge is 0.0593 e. The Hall–Kier alpha value is -0.160. The molecule has 0 aliphatic heterocycles. The summed E-state index contributed by atoms with van der Waals surface area (Å²) in [4.78, 5) is 2.55. The molecule has 1 fully saturated rings. The standard InChI is InChI=1S/C17H36N2O2/c1-4-16-7-9-17(15-18,10-8-16)19(11-13-20-5-2)12-14-21-6-3/h16H,4-15,18H2,1-3H3. The van der Waals surface area contributed by atoms with Crippen LogP contribution in [0.1, 0.15) is 52.9 Å². The molecule has 0 radical (unpaired) electrons. The second-order valence-corrected chi connectivity index (χ2v) is 6.16. The summed E-state index contributed by atoms with van der Waals surface area (Å²) in [5.41, 5.74) is 6.38. The molecule has 1 aliphatic rings. The van der Waals surface area contributed by atoms with Crippen molar-refractivity contribution in [1.82, 2.24) is 4.90 Å². The molecule has 0 heterocycles. The summed E-state index contributed by atoms with van der Waals surface area (Å²) in [6.45, 7) is 12.3. The van der Waals surface area contributed by atoms with Gasteiger partial charge < -0.3 is 15.2 Å². The maximum absolute atomic E-state index is 6.21. The second-order valence-electron chi connectivity index (χ2n) is 6.16. The summed E-state index contributed by atoms with van der Waals surface area (Å²) in [5, 5.41) is 0. The molecule has 0 spiro atoms. The van der Waals surface area contributed by atoms with Crippen LogP contribution in [-0.2, 0) is 9.47 Å². The first-order chi connectivity index (χ1) is 10.2. The van der Waals surface area contributed by atoms with E-state index in [1.165, 1.54) is 32.1 Å². The molecule has 21 heavy (non-hydrogen) atoms. The minimum atomic E-state index is 0.167. The summed E-state index contributed by atoms with van der Waals surface area (Å²) in [5.74, 6) is 0.894. The molecule has 1 saturated carbocycles. The summed E-state index contributed by atoms with van der Waals surface area (Å²) >= 11 is 0. The molecule has 4 nitrogen and oxygen atoms in total. The van der Waals surface area contributed by atoms with E-state index in [0.29, 0.717) is 0 Å². The van der Waals surface area contributed by atoms with Crippen LogP contribution in [-0.4, -0.2) is 56.5 Å². The molecule has 0 aromatic carbocycles.